The van der Waals surface area contributed by atoms with Gasteiger partial charge in [-0.1, -0.05) is 49.4 Å². The zero-order chi connectivity index (χ0) is 19.6. The minimum atomic E-state index is -0.490. The maximum absolute atomic E-state index is 13.1. The summed E-state index contributed by atoms with van der Waals surface area (Å²) in [5, 5.41) is 2.85. The van der Waals surface area contributed by atoms with Gasteiger partial charge in [-0.25, -0.2) is 0 Å². The number of nitrogens with zero attached hydrogens (tertiary/aromatic N) is 1. The molecule has 0 aromatic heterocycles. The normalized spacial score (nSPS) is 11.5. The minimum Gasteiger partial charge on any atom is -0.497 e. The highest BCUT2D eigenvalue weighted by Gasteiger charge is 2.28. The Labute approximate surface area is 161 Å². The molecular formula is C22H28N2O3. The van der Waals surface area contributed by atoms with Gasteiger partial charge in [-0.3, -0.25) is 9.59 Å². The molecule has 0 aliphatic heterocycles. The Balaban J connectivity index is 2.22. The number of nitrogens with one attached hydrogen (secondary N) is 1. The van der Waals surface area contributed by atoms with E-state index in [1.807, 2.05) is 68.4 Å². The predicted octanol–water partition coefficient (Wildman–Crippen LogP) is 3.18. The van der Waals surface area contributed by atoms with Crippen LogP contribution in [0.3, 0.4) is 0 Å². The number of carbonyl (C=O) groups excluding carboxylic acids is 2. The second-order valence-corrected chi connectivity index (χ2v) is 6.35. The first-order valence-electron chi connectivity index (χ1n) is 9.33. The first-order chi connectivity index (χ1) is 13.1. The second-order valence-electron chi connectivity index (χ2n) is 6.35. The molecule has 0 heterocycles. The lowest BCUT2D eigenvalue weighted by molar-refractivity contribution is -0.140. The zero-order valence-corrected chi connectivity index (χ0v) is 16.3. The van der Waals surface area contributed by atoms with Crippen molar-refractivity contribution in [3.05, 3.63) is 65.7 Å². The van der Waals surface area contributed by atoms with Crippen LogP contribution in [0.5, 0.6) is 5.75 Å². The van der Waals surface area contributed by atoms with Crippen molar-refractivity contribution in [1.82, 2.24) is 10.2 Å². The molecule has 2 rings (SSSR count). The molecule has 5 heteroatoms. The minimum absolute atomic E-state index is 0.0675. The van der Waals surface area contributed by atoms with Crippen molar-refractivity contribution in [3.8, 4) is 5.75 Å². The number of hydrogen-bond acceptors (Lipinski definition) is 3. The molecule has 2 aromatic carbocycles. The highest BCUT2D eigenvalue weighted by atomic mass is 16.5. The summed E-state index contributed by atoms with van der Waals surface area (Å²) in [6.07, 6.45) is 0.805. The lowest BCUT2D eigenvalue weighted by Gasteiger charge is -2.30. The smallest absolute Gasteiger partial charge is 0.242 e. The molecule has 1 atom stereocenters. The quantitative estimate of drug-likeness (QED) is 0.740. The highest BCUT2D eigenvalue weighted by molar-refractivity contribution is 5.88. The number of likely N-dealkylation sites (N-methyl/N-ethyl adjacent to an activating group) is 1. The zero-order valence-electron chi connectivity index (χ0n) is 16.3. The van der Waals surface area contributed by atoms with Crippen LogP contribution in [0.1, 0.15) is 31.4 Å². The SMILES string of the molecule is CCNC(=O)[C@@H](CC)N(Cc1ccccc1)C(=O)Cc1ccc(OC)cc1. The third kappa shape index (κ3) is 5.84. The van der Waals surface area contributed by atoms with Crippen molar-refractivity contribution in [2.75, 3.05) is 13.7 Å². The summed E-state index contributed by atoms with van der Waals surface area (Å²) in [6.45, 7) is 4.76. The summed E-state index contributed by atoms with van der Waals surface area (Å²) in [4.78, 5) is 27.3. The fraction of sp³-hybridized carbons (Fsp3) is 0.364. The first-order valence-corrected chi connectivity index (χ1v) is 9.33. The number of hydrogen-bond donors (Lipinski definition) is 1. The van der Waals surface area contributed by atoms with Crippen LogP contribution < -0.4 is 10.1 Å². The Morgan fingerprint density at radius 2 is 1.67 bits per heavy atom. The number of amides is 2. The number of benzene rings is 2. The van der Waals surface area contributed by atoms with Crippen molar-refractivity contribution < 1.29 is 14.3 Å². The number of rotatable bonds is 9. The van der Waals surface area contributed by atoms with Crippen molar-refractivity contribution in [2.45, 2.75) is 39.3 Å². The fourth-order valence-corrected chi connectivity index (χ4v) is 3.01. The molecule has 5 nitrogen and oxygen atoms in total. The third-order valence-corrected chi connectivity index (χ3v) is 4.45. The average Bonchev–Trinajstić information content (AvgIpc) is 2.69. The maximum atomic E-state index is 13.1. The molecule has 0 aliphatic carbocycles. The Morgan fingerprint density at radius 3 is 2.22 bits per heavy atom. The van der Waals surface area contributed by atoms with Gasteiger partial charge in [0.2, 0.25) is 11.8 Å². The molecule has 144 valence electrons. The van der Waals surface area contributed by atoms with Crippen LogP contribution in [-0.4, -0.2) is 36.4 Å². The van der Waals surface area contributed by atoms with Gasteiger partial charge in [0.25, 0.3) is 0 Å². The van der Waals surface area contributed by atoms with E-state index >= 15 is 0 Å². The average molecular weight is 368 g/mol. The largest absolute Gasteiger partial charge is 0.497 e. The summed E-state index contributed by atoms with van der Waals surface area (Å²) in [7, 11) is 1.61. The van der Waals surface area contributed by atoms with Crippen LogP contribution in [0, 0.1) is 0 Å². The molecule has 0 fully saturated rings. The molecule has 0 saturated heterocycles. The number of methoxy groups -OCH3 is 1. The van der Waals surface area contributed by atoms with E-state index in [-0.39, 0.29) is 18.2 Å². The summed E-state index contributed by atoms with van der Waals surface area (Å²) >= 11 is 0. The van der Waals surface area contributed by atoms with Gasteiger partial charge >= 0.3 is 0 Å². The molecule has 27 heavy (non-hydrogen) atoms. The monoisotopic (exact) mass is 368 g/mol. The summed E-state index contributed by atoms with van der Waals surface area (Å²) in [6, 6.07) is 16.7. The van der Waals surface area contributed by atoms with Gasteiger partial charge in [-0.2, -0.15) is 0 Å². The van der Waals surface area contributed by atoms with Crippen LogP contribution in [0.15, 0.2) is 54.6 Å². The van der Waals surface area contributed by atoms with E-state index in [1.54, 1.807) is 12.0 Å². The third-order valence-electron chi connectivity index (χ3n) is 4.45. The van der Waals surface area contributed by atoms with E-state index in [4.69, 9.17) is 4.74 Å². The molecule has 0 aliphatic rings. The van der Waals surface area contributed by atoms with E-state index in [2.05, 4.69) is 5.32 Å². The Kier molecular flexibility index (Phi) is 7.86. The van der Waals surface area contributed by atoms with Crippen LogP contribution in [0.2, 0.25) is 0 Å². The van der Waals surface area contributed by atoms with Crippen molar-refractivity contribution >= 4 is 11.8 Å². The molecule has 0 saturated carbocycles. The molecule has 0 bridgehead atoms. The standard InChI is InChI=1S/C22H28N2O3/c1-4-20(22(26)23-5-2)24(16-18-9-7-6-8-10-18)21(25)15-17-11-13-19(27-3)14-12-17/h6-14,20H,4-5,15-16H2,1-3H3,(H,23,26)/t20-/m1/s1. The van der Waals surface area contributed by atoms with Crippen molar-refractivity contribution in [2.24, 2.45) is 0 Å². The van der Waals surface area contributed by atoms with Gasteiger partial charge < -0.3 is 15.0 Å². The van der Waals surface area contributed by atoms with E-state index in [0.29, 0.717) is 19.5 Å². The molecule has 0 spiro atoms. The Bertz CT molecular complexity index is 729. The molecule has 2 aromatic rings. The summed E-state index contributed by atoms with van der Waals surface area (Å²) in [5.74, 6) is 0.572. The summed E-state index contributed by atoms with van der Waals surface area (Å²) < 4.78 is 5.17. The van der Waals surface area contributed by atoms with E-state index in [0.717, 1.165) is 16.9 Å². The lowest BCUT2D eigenvalue weighted by atomic mass is 10.1. The lowest BCUT2D eigenvalue weighted by Crippen LogP contribution is -2.49. The fourth-order valence-electron chi connectivity index (χ4n) is 3.01. The Morgan fingerprint density at radius 1 is 1.00 bits per heavy atom. The van der Waals surface area contributed by atoms with E-state index < -0.39 is 6.04 Å². The van der Waals surface area contributed by atoms with E-state index in [9.17, 15) is 9.59 Å². The molecule has 1 N–H and O–H groups in total. The van der Waals surface area contributed by atoms with Gasteiger partial charge in [0, 0.05) is 13.1 Å². The Hall–Kier alpha value is -2.82. The van der Waals surface area contributed by atoms with Gasteiger partial charge in [0.15, 0.2) is 0 Å². The molecule has 0 radical (unpaired) electrons. The van der Waals surface area contributed by atoms with Gasteiger partial charge in [-0.05, 0) is 36.6 Å². The van der Waals surface area contributed by atoms with Crippen LogP contribution in [0.25, 0.3) is 0 Å². The van der Waals surface area contributed by atoms with Crippen LogP contribution in [-0.2, 0) is 22.6 Å². The summed E-state index contributed by atoms with van der Waals surface area (Å²) in [5.41, 5.74) is 1.90. The van der Waals surface area contributed by atoms with Gasteiger partial charge in [0.1, 0.15) is 11.8 Å². The molecular weight excluding hydrogens is 340 g/mol. The van der Waals surface area contributed by atoms with Gasteiger partial charge in [-0.15, -0.1) is 0 Å². The maximum Gasteiger partial charge on any atom is 0.242 e. The van der Waals surface area contributed by atoms with E-state index in [1.165, 1.54) is 0 Å². The highest BCUT2D eigenvalue weighted by Crippen LogP contribution is 2.16. The number of ether oxygens (including phenoxy) is 1. The molecule has 2 amide bonds. The van der Waals surface area contributed by atoms with Crippen LogP contribution in [0.4, 0.5) is 0 Å². The second kappa shape index (κ2) is 10.4. The first kappa shape index (κ1) is 20.5. The van der Waals surface area contributed by atoms with Gasteiger partial charge in [0.05, 0.1) is 13.5 Å². The number of carbonyl (C=O) groups is 2. The topological polar surface area (TPSA) is 58.6 Å². The van der Waals surface area contributed by atoms with Crippen LogP contribution >= 0.6 is 0 Å². The predicted molar refractivity (Wildman–Crippen MR) is 106 cm³/mol. The molecule has 0 unspecified atom stereocenters. The van der Waals surface area contributed by atoms with Crippen molar-refractivity contribution in [1.29, 1.82) is 0 Å². The van der Waals surface area contributed by atoms with Crippen molar-refractivity contribution in [3.63, 3.8) is 0 Å².